The number of aromatic nitrogens is 2. The molecule has 0 aliphatic heterocycles. The van der Waals surface area contributed by atoms with E-state index in [4.69, 9.17) is 32.5 Å². The highest BCUT2D eigenvalue weighted by atomic mass is 35.5. The summed E-state index contributed by atoms with van der Waals surface area (Å²) < 4.78 is 11.6. The van der Waals surface area contributed by atoms with Crippen LogP contribution in [0.15, 0.2) is 56.8 Å². The third-order valence-electron chi connectivity index (χ3n) is 3.99. The molecular weight excluding hydrogens is 437 g/mol. The van der Waals surface area contributed by atoms with Gasteiger partial charge in [0, 0.05) is 27.9 Å². The Hall–Kier alpha value is -2.42. The van der Waals surface area contributed by atoms with E-state index in [0.29, 0.717) is 33.6 Å². The van der Waals surface area contributed by atoms with Crippen molar-refractivity contribution < 1.29 is 18.7 Å². The fourth-order valence-electron chi connectivity index (χ4n) is 2.57. The highest BCUT2D eigenvalue weighted by Crippen LogP contribution is 2.26. The van der Waals surface area contributed by atoms with Gasteiger partial charge in [0.15, 0.2) is 0 Å². The molecular formula is C19H18Cl2N3O4S+. The fraction of sp³-hybridized carbons (Fsp3) is 0.211. The van der Waals surface area contributed by atoms with Crippen molar-refractivity contribution in [3.8, 4) is 11.4 Å². The van der Waals surface area contributed by atoms with Crippen molar-refractivity contribution >= 4 is 46.6 Å². The summed E-state index contributed by atoms with van der Waals surface area (Å²) in [7, 11) is 1.57. The first kappa shape index (κ1) is 21.3. The van der Waals surface area contributed by atoms with E-state index in [1.807, 2.05) is 6.92 Å². The molecule has 10 heteroatoms. The summed E-state index contributed by atoms with van der Waals surface area (Å²) in [5.41, 5.74) is 0.578. The van der Waals surface area contributed by atoms with Crippen LogP contribution in [0.5, 0.6) is 5.75 Å². The molecule has 0 saturated carbocycles. The van der Waals surface area contributed by atoms with Gasteiger partial charge in [-0.25, -0.2) is 4.79 Å². The second-order valence-electron chi connectivity index (χ2n) is 5.98. The molecule has 1 aromatic heterocycles. The molecule has 0 fully saturated rings. The average Bonchev–Trinajstić information content (AvgIpc) is 3.05. The molecule has 7 nitrogen and oxygen atoms in total. The van der Waals surface area contributed by atoms with Crippen LogP contribution in [0.1, 0.15) is 13.3 Å². The van der Waals surface area contributed by atoms with Gasteiger partial charge >= 0.3 is 10.7 Å². The smallest absolute Gasteiger partial charge is 0.442 e. The number of carbonyl (C=O) groups is 1. The van der Waals surface area contributed by atoms with Crippen LogP contribution in [0.3, 0.4) is 0 Å². The molecule has 0 aliphatic carbocycles. The Kier molecular flexibility index (Phi) is 6.89. The van der Waals surface area contributed by atoms with Gasteiger partial charge in [-0.05, 0) is 58.5 Å². The number of nitrogens with one attached hydrogen (secondary N) is 2. The number of hydrogen-bond donors (Lipinski definition) is 2. The molecule has 3 aromatic rings. The molecule has 0 saturated heterocycles. The van der Waals surface area contributed by atoms with Crippen LogP contribution >= 0.6 is 35.0 Å². The van der Waals surface area contributed by atoms with Gasteiger partial charge in [0.2, 0.25) is 11.6 Å². The van der Waals surface area contributed by atoms with Crippen molar-refractivity contribution in [3.63, 3.8) is 0 Å². The summed E-state index contributed by atoms with van der Waals surface area (Å²) in [5, 5.41) is 5.88. The Labute approximate surface area is 180 Å². The van der Waals surface area contributed by atoms with Gasteiger partial charge in [-0.1, -0.05) is 30.1 Å². The minimum absolute atomic E-state index is 0.251. The monoisotopic (exact) mass is 454 g/mol. The van der Waals surface area contributed by atoms with E-state index in [1.54, 1.807) is 49.6 Å². The average molecular weight is 455 g/mol. The van der Waals surface area contributed by atoms with Gasteiger partial charge in [-0.15, -0.1) is 0 Å². The number of thioether (sulfide) groups is 1. The lowest BCUT2D eigenvalue weighted by Crippen LogP contribution is -2.37. The predicted molar refractivity (Wildman–Crippen MR) is 112 cm³/mol. The number of H-pyrrole nitrogens is 1. The van der Waals surface area contributed by atoms with Crippen molar-refractivity contribution in [3.05, 3.63) is 62.9 Å². The number of aromatic amines is 1. The third-order valence-corrected chi connectivity index (χ3v) is 5.83. The summed E-state index contributed by atoms with van der Waals surface area (Å²) in [6.07, 6.45) is 0.484. The summed E-state index contributed by atoms with van der Waals surface area (Å²) in [6, 6.07) is 11.8. The van der Waals surface area contributed by atoms with E-state index in [-0.39, 0.29) is 10.9 Å². The lowest BCUT2D eigenvalue weighted by molar-refractivity contribution is -0.704. The summed E-state index contributed by atoms with van der Waals surface area (Å²) in [4.78, 5) is 25.0. The molecule has 0 bridgehead atoms. The SMILES string of the molecule is CCC(Sc1c(=O)o[nH][n+]1-c1ccc(OC)cc1)C(=O)Nc1cc(Cl)cc(Cl)c1. The van der Waals surface area contributed by atoms with Crippen LogP contribution in [-0.2, 0) is 4.79 Å². The Balaban J connectivity index is 1.82. The molecule has 2 N–H and O–H groups in total. The predicted octanol–water partition coefficient (Wildman–Crippen LogP) is 4.07. The molecule has 1 amide bonds. The zero-order valence-corrected chi connectivity index (χ0v) is 17.9. The number of anilines is 1. The van der Waals surface area contributed by atoms with Crippen molar-refractivity contribution in [2.24, 2.45) is 0 Å². The lowest BCUT2D eigenvalue weighted by Gasteiger charge is -2.12. The Bertz CT molecular complexity index is 1050. The summed E-state index contributed by atoms with van der Waals surface area (Å²) in [6.45, 7) is 1.86. The van der Waals surface area contributed by atoms with Crippen molar-refractivity contribution in [1.82, 2.24) is 5.27 Å². The van der Waals surface area contributed by atoms with Crippen LogP contribution in [0.4, 0.5) is 5.69 Å². The van der Waals surface area contributed by atoms with Crippen LogP contribution in [0, 0.1) is 0 Å². The maximum Gasteiger partial charge on any atom is 0.442 e. The van der Waals surface area contributed by atoms with Gasteiger partial charge in [0.1, 0.15) is 5.75 Å². The van der Waals surface area contributed by atoms with E-state index in [0.717, 1.165) is 11.8 Å². The lowest BCUT2D eigenvalue weighted by atomic mass is 10.2. The number of ether oxygens (including phenoxy) is 1. The van der Waals surface area contributed by atoms with Gasteiger partial charge in [-0.2, -0.15) is 0 Å². The fourth-order valence-corrected chi connectivity index (χ4v) is 4.09. The van der Waals surface area contributed by atoms with Crippen molar-refractivity contribution in [2.45, 2.75) is 23.6 Å². The van der Waals surface area contributed by atoms with Crippen LogP contribution in [-0.4, -0.2) is 23.5 Å². The van der Waals surface area contributed by atoms with Crippen molar-refractivity contribution in [2.75, 3.05) is 12.4 Å². The largest absolute Gasteiger partial charge is 0.497 e. The first-order valence-electron chi connectivity index (χ1n) is 8.62. The summed E-state index contributed by atoms with van der Waals surface area (Å²) >= 11 is 13.1. The van der Waals surface area contributed by atoms with E-state index < -0.39 is 10.9 Å². The number of amides is 1. The third kappa shape index (κ3) is 5.14. The van der Waals surface area contributed by atoms with Gasteiger partial charge in [0.05, 0.1) is 12.4 Å². The Morgan fingerprint density at radius 3 is 2.48 bits per heavy atom. The van der Waals surface area contributed by atoms with Crippen LogP contribution in [0.25, 0.3) is 5.69 Å². The number of hydrogen-bond acceptors (Lipinski definition) is 5. The molecule has 2 aromatic carbocycles. The molecule has 1 atom stereocenters. The quantitative estimate of drug-likeness (QED) is 0.414. The highest BCUT2D eigenvalue weighted by Gasteiger charge is 2.30. The van der Waals surface area contributed by atoms with Crippen LogP contribution < -0.4 is 20.4 Å². The molecule has 1 unspecified atom stereocenters. The Morgan fingerprint density at radius 2 is 1.90 bits per heavy atom. The molecule has 29 heavy (non-hydrogen) atoms. The minimum atomic E-state index is -0.567. The number of carbonyl (C=O) groups excluding carboxylic acids is 1. The Morgan fingerprint density at radius 1 is 1.24 bits per heavy atom. The first-order valence-corrected chi connectivity index (χ1v) is 10.3. The minimum Gasteiger partial charge on any atom is -0.497 e. The number of halogens is 2. The maximum absolute atomic E-state index is 12.7. The van der Waals surface area contributed by atoms with E-state index in [9.17, 15) is 9.59 Å². The topological polar surface area (TPSA) is 88.2 Å². The zero-order chi connectivity index (χ0) is 21.0. The van der Waals surface area contributed by atoms with E-state index in [1.165, 1.54) is 4.68 Å². The molecule has 0 radical (unpaired) electrons. The number of benzene rings is 2. The van der Waals surface area contributed by atoms with E-state index >= 15 is 0 Å². The molecule has 152 valence electrons. The standard InChI is InChI=1S/C19H17Cl2N3O4S/c1-3-16(17(25)22-13-9-11(20)8-12(21)10-13)29-18-19(26)28-23-24(18)14-4-6-15(27-2)7-5-14/h4-10,16H,3H2,1-2H3,(H-,22,23,25,26)/p+1. The highest BCUT2D eigenvalue weighted by molar-refractivity contribution is 8.00. The molecule has 0 spiro atoms. The normalized spacial score (nSPS) is 11.9. The molecule has 1 heterocycles. The van der Waals surface area contributed by atoms with Gasteiger partial charge in [0.25, 0.3) is 0 Å². The van der Waals surface area contributed by atoms with Crippen molar-refractivity contribution in [1.29, 1.82) is 0 Å². The second kappa shape index (κ2) is 9.39. The number of rotatable bonds is 7. The second-order valence-corrected chi connectivity index (χ2v) is 8.05. The maximum atomic E-state index is 12.7. The summed E-state index contributed by atoms with van der Waals surface area (Å²) in [5.74, 6) is 0.401. The zero-order valence-electron chi connectivity index (χ0n) is 15.6. The molecule has 0 aliphatic rings. The first-order chi connectivity index (χ1) is 13.9. The number of nitrogens with zero attached hydrogens (tertiary/aromatic N) is 1. The van der Waals surface area contributed by atoms with E-state index in [2.05, 4.69) is 10.6 Å². The number of methoxy groups -OCH3 is 1. The molecule has 3 rings (SSSR count). The van der Waals surface area contributed by atoms with Crippen LogP contribution in [0.2, 0.25) is 10.0 Å². The van der Waals surface area contributed by atoms with Gasteiger partial charge < -0.3 is 10.1 Å². The van der Waals surface area contributed by atoms with Gasteiger partial charge in [-0.3, -0.25) is 9.32 Å².